The van der Waals surface area contributed by atoms with E-state index in [9.17, 15) is 61.3 Å². The Morgan fingerprint density at radius 1 is 0.366 bits per heavy atom. The van der Waals surface area contributed by atoms with Crippen LogP contribution in [0.15, 0.2) is 0 Å². The molecule has 4 rings (SSSR count). The largest absolute Gasteiger partial charge is 0.394 e. The van der Waals surface area contributed by atoms with Gasteiger partial charge in [-0.1, -0.05) is 0 Å². The summed E-state index contributed by atoms with van der Waals surface area (Å²) < 4.78 is 37.9. The fourth-order valence-corrected chi connectivity index (χ4v) is 5.10. The van der Waals surface area contributed by atoms with Gasteiger partial charge in [0.25, 0.3) is 0 Å². The summed E-state index contributed by atoms with van der Waals surface area (Å²) in [4.78, 5) is 0. The minimum Gasteiger partial charge on any atom is -0.394 e. The van der Waals surface area contributed by atoms with Gasteiger partial charge in [-0.2, -0.15) is 0 Å². The zero-order valence-electron chi connectivity index (χ0n) is 21.4. The second-order valence-corrected chi connectivity index (χ2v) is 10.2. The summed E-state index contributed by atoms with van der Waals surface area (Å²) in [6.07, 6.45) is -29.3. The van der Waals surface area contributed by atoms with Gasteiger partial charge in [0.2, 0.25) is 0 Å². The van der Waals surface area contributed by atoms with Crippen LogP contribution in [-0.4, -0.2) is 198 Å². The molecule has 12 N–H and O–H groups in total. The molecule has 0 aliphatic carbocycles. The van der Waals surface area contributed by atoms with Crippen LogP contribution in [-0.2, 0) is 33.2 Å². The highest BCUT2D eigenvalue weighted by molar-refractivity contribution is 4.97. The third-order valence-electron chi connectivity index (χ3n) is 7.51. The smallest absolute Gasteiger partial charge is 0.187 e. The first-order valence-electron chi connectivity index (χ1n) is 12.9. The SMILES string of the molecule is OC[C@H]1O[C@H](O[C@H]2[C@H](O[C@@H]3[C@H](O)[C@@H](O)[C@@H](O[C@H]4C(O)O[C@H](CO)[C@H]4O)O[C@@H]3CO)O[C@H](CO)[C@H]2O)[C@H](O)[C@@H](O)[C@H]1O. The van der Waals surface area contributed by atoms with Gasteiger partial charge in [0.1, 0.15) is 85.5 Å². The van der Waals surface area contributed by atoms with Crippen molar-refractivity contribution in [2.75, 3.05) is 26.4 Å². The quantitative estimate of drug-likeness (QED) is 0.110. The molecule has 4 heterocycles. The van der Waals surface area contributed by atoms with Crippen LogP contribution < -0.4 is 0 Å². The monoisotopic (exact) mass is 606 g/mol. The van der Waals surface area contributed by atoms with Crippen LogP contribution in [0.4, 0.5) is 0 Å². The van der Waals surface area contributed by atoms with Gasteiger partial charge >= 0.3 is 0 Å². The zero-order chi connectivity index (χ0) is 30.2. The summed E-state index contributed by atoms with van der Waals surface area (Å²) in [6, 6.07) is 0. The highest BCUT2D eigenvalue weighted by atomic mass is 16.8. The van der Waals surface area contributed by atoms with Crippen molar-refractivity contribution in [3.8, 4) is 0 Å². The van der Waals surface area contributed by atoms with Crippen molar-refractivity contribution >= 4 is 0 Å². The molecule has 18 atom stereocenters. The van der Waals surface area contributed by atoms with E-state index >= 15 is 0 Å². The number of hydrogen-bond donors (Lipinski definition) is 12. The van der Waals surface area contributed by atoms with Crippen LogP contribution in [0.3, 0.4) is 0 Å². The molecule has 0 spiro atoms. The molecule has 4 saturated heterocycles. The summed E-state index contributed by atoms with van der Waals surface area (Å²) in [5.74, 6) is 0. The van der Waals surface area contributed by atoms with E-state index in [1.165, 1.54) is 0 Å². The van der Waals surface area contributed by atoms with Crippen LogP contribution in [0.25, 0.3) is 0 Å². The molecule has 41 heavy (non-hydrogen) atoms. The topological polar surface area (TPSA) is 307 Å². The van der Waals surface area contributed by atoms with Crippen LogP contribution in [0.5, 0.6) is 0 Å². The fraction of sp³-hybridized carbons (Fsp3) is 1.00. The van der Waals surface area contributed by atoms with Gasteiger partial charge in [0.05, 0.1) is 26.4 Å². The first kappa shape index (κ1) is 33.1. The molecule has 4 fully saturated rings. The molecule has 240 valence electrons. The number of ether oxygens (including phenoxy) is 7. The Bertz CT molecular complexity index is 820. The van der Waals surface area contributed by atoms with Gasteiger partial charge in [0.15, 0.2) is 25.2 Å². The maximum atomic E-state index is 10.8. The van der Waals surface area contributed by atoms with Gasteiger partial charge in [-0.15, -0.1) is 0 Å². The molecule has 4 aliphatic rings. The van der Waals surface area contributed by atoms with Crippen molar-refractivity contribution in [3.05, 3.63) is 0 Å². The highest BCUT2D eigenvalue weighted by Crippen LogP contribution is 2.34. The van der Waals surface area contributed by atoms with E-state index < -0.39 is 137 Å². The minimum atomic E-state index is -1.92. The molecule has 0 aromatic rings. The molecule has 4 aliphatic heterocycles. The summed E-state index contributed by atoms with van der Waals surface area (Å²) in [5.41, 5.74) is 0. The molecule has 0 aromatic carbocycles. The Hall–Kier alpha value is -0.760. The van der Waals surface area contributed by atoms with E-state index in [1.54, 1.807) is 0 Å². The lowest BCUT2D eigenvalue weighted by molar-refractivity contribution is -0.356. The minimum absolute atomic E-state index is 0.654. The molecule has 19 heteroatoms. The van der Waals surface area contributed by atoms with Gasteiger partial charge in [0, 0.05) is 0 Å². The normalized spacial score (nSPS) is 52.7. The summed E-state index contributed by atoms with van der Waals surface area (Å²) in [5, 5.41) is 121. The predicted molar refractivity (Wildman–Crippen MR) is 122 cm³/mol. The van der Waals surface area contributed by atoms with Gasteiger partial charge < -0.3 is 94.4 Å². The van der Waals surface area contributed by atoms with Crippen molar-refractivity contribution in [2.45, 2.75) is 111 Å². The molecule has 19 nitrogen and oxygen atoms in total. The first-order chi connectivity index (χ1) is 19.5. The van der Waals surface area contributed by atoms with Crippen molar-refractivity contribution < 1.29 is 94.4 Å². The molecule has 0 aromatic heterocycles. The highest BCUT2D eigenvalue weighted by Gasteiger charge is 2.55. The Morgan fingerprint density at radius 3 is 1.34 bits per heavy atom. The predicted octanol–water partition coefficient (Wildman–Crippen LogP) is -8.47. The Morgan fingerprint density at radius 2 is 0.780 bits per heavy atom. The number of rotatable bonds is 10. The van der Waals surface area contributed by atoms with Crippen molar-refractivity contribution in [3.63, 3.8) is 0 Å². The van der Waals surface area contributed by atoms with Gasteiger partial charge in [-0.3, -0.25) is 0 Å². The third kappa shape index (κ3) is 6.54. The van der Waals surface area contributed by atoms with Gasteiger partial charge in [-0.25, -0.2) is 0 Å². The number of aliphatic hydroxyl groups excluding tert-OH is 12. The summed E-state index contributed by atoms with van der Waals surface area (Å²) in [7, 11) is 0. The van der Waals surface area contributed by atoms with Crippen LogP contribution in [0, 0.1) is 0 Å². The second kappa shape index (κ2) is 13.9. The van der Waals surface area contributed by atoms with Crippen molar-refractivity contribution in [1.29, 1.82) is 0 Å². The molecule has 1 unspecified atom stereocenters. The number of aliphatic hydroxyl groups is 12. The van der Waals surface area contributed by atoms with Crippen LogP contribution in [0.1, 0.15) is 0 Å². The summed E-state index contributed by atoms with van der Waals surface area (Å²) in [6.45, 7) is -3.00. The molecular formula is C22H38O19. The maximum absolute atomic E-state index is 10.8. The first-order valence-corrected chi connectivity index (χ1v) is 12.9. The average Bonchev–Trinajstić information content (AvgIpc) is 3.41. The van der Waals surface area contributed by atoms with E-state index in [0.717, 1.165) is 0 Å². The molecule has 0 bridgehead atoms. The molecule has 0 radical (unpaired) electrons. The zero-order valence-corrected chi connectivity index (χ0v) is 21.4. The molecule has 0 amide bonds. The van der Waals surface area contributed by atoms with Crippen molar-refractivity contribution in [1.82, 2.24) is 0 Å². The van der Waals surface area contributed by atoms with Gasteiger partial charge in [-0.05, 0) is 0 Å². The second-order valence-electron chi connectivity index (χ2n) is 10.2. The fourth-order valence-electron chi connectivity index (χ4n) is 5.10. The standard InChI is InChI=1S/C22H38O19/c23-1-5-9(27)12(30)14(32)20(36-5)41-18-11(29)7(3-25)37-22(18)39-16-8(4-26)38-21(15(33)13(16)31)40-17-10(28)6(2-24)35-19(17)34/h5-34H,1-4H2/t5-,6-,7-,8-,9+,10-,11-,12+,13-,14-,15-,16+,17-,18-,19?,20-,21-,22+/m1/s1. The van der Waals surface area contributed by atoms with E-state index in [0.29, 0.717) is 0 Å². The van der Waals surface area contributed by atoms with Crippen LogP contribution in [0.2, 0.25) is 0 Å². The molecular weight excluding hydrogens is 568 g/mol. The Kier molecular flexibility index (Phi) is 11.2. The van der Waals surface area contributed by atoms with Crippen molar-refractivity contribution in [2.24, 2.45) is 0 Å². The summed E-state index contributed by atoms with van der Waals surface area (Å²) >= 11 is 0. The average molecular weight is 607 g/mol. The molecule has 0 saturated carbocycles. The third-order valence-corrected chi connectivity index (χ3v) is 7.51. The lowest BCUT2D eigenvalue weighted by Gasteiger charge is -2.44. The number of hydrogen-bond acceptors (Lipinski definition) is 19. The van der Waals surface area contributed by atoms with Crippen LogP contribution >= 0.6 is 0 Å². The Labute approximate surface area is 232 Å². The maximum Gasteiger partial charge on any atom is 0.187 e. The van der Waals surface area contributed by atoms with E-state index in [-0.39, 0.29) is 0 Å². The van der Waals surface area contributed by atoms with E-state index in [1.807, 2.05) is 0 Å². The lowest BCUT2D eigenvalue weighted by Crippen LogP contribution is -2.63. The Balaban J connectivity index is 1.47. The van der Waals surface area contributed by atoms with E-state index in [2.05, 4.69) is 0 Å². The lowest BCUT2D eigenvalue weighted by atomic mass is 9.98. The van der Waals surface area contributed by atoms with E-state index in [4.69, 9.17) is 33.2 Å².